The number of nitrogens with two attached hydrogens (primary N) is 2. The minimum Gasteiger partial charge on any atom is -0.495 e. The Morgan fingerprint density at radius 2 is 1.94 bits per heavy atom. The maximum Gasteiger partial charge on any atom is 0.256 e. The fourth-order valence-corrected chi connectivity index (χ4v) is 4.98. The molecule has 2 aromatic carbocycles. The van der Waals surface area contributed by atoms with E-state index in [-0.39, 0.29) is 20.8 Å². The number of primary sulfonamides is 1. The second-order valence-corrected chi connectivity index (χ2v) is 9.85. The monoisotopic (exact) mass is 510 g/mol. The van der Waals surface area contributed by atoms with Crippen molar-refractivity contribution < 1.29 is 17.9 Å². The van der Waals surface area contributed by atoms with Crippen molar-refractivity contribution >= 4 is 44.8 Å². The quantitative estimate of drug-likeness (QED) is 0.596. The number of aliphatic imine (C=N–C) groups is 1. The molecule has 1 atom stereocenters. The number of sulfonamides is 1. The van der Waals surface area contributed by atoms with Crippen LogP contribution in [0.5, 0.6) is 5.75 Å². The number of methoxy groups -OCH3 is 1. The third-order valence-corrected chi connectivity index (χ3v) is 7.03. The van der Waals surface area contributed by atoms with Crippen LogP contribution in [0.3, 0.4) is 0 Å². The van der Waals surface area contributed by atoms with E-state index in [0.717, 1.165) is 0 Å². The highest BCUT2D eigenvalue weighted by atomic mass is 35.5. The van der Waals surface area contributed by atoms with Crippen molar-refractivity contribution in [2.24, 2.45) is 15.9 Å². The van der Waals surface area contributed by atoms with E-state index in [9.17, 15) is 13.2 Å². The number of carbonyl (C=O) groups is 1. The first-order valence-corrected chi connectivity index (χ1v) is 12.2. The van der Waals surface area contributed by atoms with E-state index in [2.05, 4.69) is 4.99 Å². The zero-order chi connectivity index (χ0) is 24.5. The molecule has 33 heavy (non-hydrogen) atoms. The molecule has 1 aliphatic heterocycles. The normalized spacial score (nSPS) is 17.3. The van der Waals surface area contributed by atoms with Crippen molar-refractivity contribution in [1.82, 2.24) is 4.90 Å². The third-order valence-electron chi connectivity index (χ3n) is 5.53. The van der Waals surface area contributed by atoms with E-state index in [4.69, 9.17) is 38.8 Å². The molecule has 11 heteroatoms. The molecular formula is C22H24Cl2N4O4S. The number of halogens is 2. The topological polar surface area (TPSA) is 128 Å². The number of nitrogens with zero attached hydrogens (tertiary/aromatic N) is 2. The number of rotatable bonds is 5. The number of amides is 1. The Bertz CT molecular complexity index is 1280. The van der Waals surface area contributed by atoms with Crippen molar-refractivity contribution in [2.75, 3.05) is 20.7 Å². The van der Waals surface area contributed by atoms with Crippen LogP contribution >= 0.6 is 23.2 Å². The third kappa shape index (κ3) is 5.01. The number of benzene rings is 2. The molecule has 3 rings (SSSR count). The molecule has 8 nitrogen and oxygen atoms in total. The summed E-state index contributed by atoms with van der Waals surface area (Å²) < 4.78 is 28.9. The smallest absolute Gasteiger partial charge is 0.256 e. The van der Waals surface area contributed by atoms with Crippen LogP contribution in [0.1, 0.15) is 29.3 Å². The Kier molecular flexibility index (Phi) is 7.38. The molecule has 0 unspecified atom stereocenters. The van der Waals surface area contributed by atoms with Gasteiger partial charge in [-0.3, -0.25) is 9.79 Å². The molecule has 0 aliphatic carbocycles. The Hall–Kier alpha value is -2.59. The molecule has 0 radical (unpaired) electrons. The zero-order valence-corrected chi connectivity index (χ0v) is 20.6. The molecule has 1 heterocycles. The SMILES string of the molecule is CN=C(C1=C(N)[C@H](C)N(C(=O)c2cccc(OC)c2Cl)CC1)c1cc(Cl)cc(S(N)(=O)=O)c1. The lowest BCUT2D eigenvalue weighted by molar-refractivity contribution is 0.0706. The number of ether oxygens (including phenoxy) is 1. The van der Waals surface area contributed by atoms with Gasteiger partial charge < -0.3 is 15.4 Å². The summed E-state index contributed by atoms with van der Waals surface area (Å²) in [6.45, 7) is 2.16. The summed E-state index contributed by atoms with van der Waals surface area (Å²) in [7, 11) is -0.912. The van der Waals surface area contributed by atoms with Gasteiger partial charge in [0.25, 0.3) is 5.91 Å². The van der Waals surface area contributed by atoms with E-state index >= 15 is 0 Å². The molecule has 0 spiro atoms. The maximum absolute atomic E-state index is 13.2. The number of hydrogen-bond donors (Lipinski definition) is 2. The van der Waals surface area contributed by atoms with Gasteiger partial charge in [-0.15, -0.1) is 0 Å². The molecule has 2 aromatic rings. The second-order valence-electron chi connectivity index (χ2n) is 7.47. The van der Waals surface area contributed by atoms with E-state index in [1.165, 1.54) is 19.2 Å². The molecule has 4 N–H and O–H groups in total. The molecule has 0 saturated carbocycles. The molecule has 0 saturated heterocycles. The van der Waals surface area contributed by atoms with Crippen molar-refractivity contribution in [3.63, 3.8) is 0 Å². The standard InChI is InChI=1S/C22H24Cl2N4O4S/c1-12-20(25)17(21(27-2)13-9-14(23)11-15(10-13)33(26,30)31)7-8-28(12)22(29)16-5-4-6-18(32-3)19(16)24/h4-6,9-12H,7-8,25H2,1-3H3,(H2,26,30,31)/t12-/m0/s1. The van der Waals surface area contributed by atoms with Gasteiger partial charge in [0, 0.05) is 35.4 Å². The zero-order valence-electron chi connectivity index (χ0n) is 18.3. The van der Waals surface area contributed by atoms with Crippen molar-refractivity contribution in [2.45, 2.75) is 24.3 Å². The minimum atomic E-state index is -3.97. The molecule has 176 valence electrons. The van der Waals surface area contributed by atoms with Crippen LogP contribution in [0.2, 0.25) is 10.0 Å². The highest BCUT2D eigenvalue weighted by Gasteiger charge is 2.32. The highest BCUT2D eigenvalue weighted by Crippen LogP contribution is 2.32. The van der Waals surface area contributed by atoms with E-state index in [1.54, 1.807) is 36.2 Å². The van der Waals surface area contributed by atoms with Gasteiger partial charge in [0.15, 0.2) is 0 Å². The van der Waals surface area contributed by atoms with Crippen LogP contribution in [-0.2, 0) is 10.0 Å². The Labute approximate surface area is 202 Å². The summed E-state index contributed by atoms with van der Waals surface area (Å²) in [6.07, 6.45) is 0.396. The van der Waals surface area contributed by atoms with Gasteiger partial charge in [-0.05, 0) is 43.7 Å². The summed E-state index contributed by atoms with van der Waals surface area (Å²) >= 11 is 12.5. The van der Waals surface area contributed by atoms with Crippen LogP contribution < -0.4 is 15.6 Å². The minimum absolute atomic E-state index is 0.126. The lowest BCUT2D eigenvalue weighted by atomic mass is 9.91. The van der Waals surface area contributed by atoms with Gasteiger partial charge in [-0.1, -0.05) is 29.3 Å². The fourth-order valence-electron chi connectivity index (χ4n) is 3.81. The van der Waals surface area contributed by atoms with Gasteiger partial charge in [0.1, 0.15) is 5.75 Å². The Morgan fingerprint density at radius 1 is 1.24 bits per heavy atom. The van der Waals surface area contributed by atoms with Crippen molar-refractivity contribution in [3.05, 3.63) is 68.8 Å². The van der Waals surface area contributed by atoms with Gasteiger partial charge in [0.2, 0.25) is 10.0 Å². The van der Waals surface area contributed by atoms with Gasteiger partial charge in [-0.2, -0.15) is 0 Å². The van der Waals surface area contributed by atoms with Crippen LogP contribution in [0, 0.1) is 0 Å². The highest BCUT2D eigenvalue weighted by molar-refractivity contribution is 7.89. The van der Waals surface area contributed by atoms with Crippen LogP contribution in [0.15, 0.2) is 57.6 Å². The Balaban J connectivity index is 1.99. The summed E-state index contributed by atoms with van der Waals surface area (Å²) in [4.78, 5) is 19.1. The van der Waals surface area contributed by atoms with Crippen LogP contribution in [0.4, 0.5) is 0 Å². The number of carbonyl (C=O) groups excluding carboxylic acids is 1. The second kappa shape index (κ2) is 9.72. The van der Waals surface area contributed by atoms with E-state index in [0.29, 0.717) is 46.8 Å². The van der Waals surface area contributed by atoms with Gasteiger partial charge in [0.05, 0.1) is 34.3 Å². The van der Waals surface area contributed by atoms with Crippen LogP contribution in [-0.4, -0.2) is 51.7 Å². The number of hydrogen-bond acceptors (Lipinski definition) is 6. The van der Waals surface area contributed by atoms with E-state index < -0.39 is 16.1 Å². The molecule has 0 bridgehead atoms. The first-order valence-electron chi connectivity index (χ1n) is 9.92. The molecule has 0 fully saturated rings. The average Bonchev–Trinajstić information content (AvgIpc) is 2.76. The summed E-state index contributed by atoms with van der Waals surface area (Å²) in [5.74, 6) is 0.131. The largest absolute Gasteiger partial charge is 0.495 e. The molecule has 1 aliphatic rings. The van der Waals surface area contributed by atoms with Crippen LogP contribution in [0.25, 0.3) is 0 Å². The van der Waals surface area contributed by atoms with Crippen molar-refractivity contribution in [3.8, 4) is 5.75 Å². The summed E-state index contributed by atoms with van der Waals surface area (Å²) in [5.41, 5.74) is 8.88. The summed E-state index contributed by atoms with van der Waals surface area (Å²) in [6, 6.07) is 8.82. The first kappa shape index (κ1) is 25.0. The fraction of sp³-hybridized carbons (Fsp3) is 0.273. The van der Waals surface area contributed by atoms with E-state index in [1.807, 2.05) is 6.92 Å². The Morgan fingerprint density at radius 3 is 2.55 bits per heavy atom. The van der Waals surface area contributed by atoms with Crippen molar-refractivity contribution in [1.29, 1.82) is 0 Å². The predicted molar refractivity (Wildman–Crippen MR) is 130 cm³/mol. The maximum atomic E-state index is 13.2. The first-order chi connectivity index (χ1) is 15.5. The molecule has 1 amide bonds. The van der Waals surface area contributed by atoms with Gasteiger partial charge in [-0.25, -0.2) is 13.6 Å². The average molecular weight is 511 g/mol. The lowest BCUT2D eigenvalue weighted by Crippen LogP contribution is -2.46. The molecular weight excluding hydrogens is 487 g/mol. The van der Waals surface area contributed by atoms with Gasteiger partial charge >= 0.3 is 0 Å². The molecule has 0 aromatic heterocycles. The lowest BCUT2D eigenvalue weighted by Gasteiger charge is -2.36. The summed E-state index contributed by atoms with van der Waals surface area (Å²) in [5, 5.41) is 5.71. The predicted octanol–water partition coefficient (Wildman–Crippen LogP) is 3.22.